The van der Waals surface area contributed by atoms with Gasteiger partial charge in [-0.1, -0.05) is 48.5 Å². The van der Waals surface area contributed by atoms with Gasteiger partial charge in [0.25, 0.3) is 5.56 Å². The summed E-state index contributed by atoms with van der Waals surface area (Å²) in [6.07, 6.45) is 0. The molecule has 1 heterocycles. The molecule has 2 N–H and O–H groups in total. The molecular formula is C22H24FN3O3. The molecule has 0 saturated heterocycles. The topological polar surface area (TPSA) is 79.2 Å². The van der Waals surface area contributed by atoms with Crippen molar-refractivity contribution in [1.82, 2.24) is 9.13 Å². The average Bonchev–Trinajstić information content (AvgIpc) is 2.73. The summed E-state index contributed by atoms with van der Waals surface area (Å²) in [6, 6.07) is 14.7. The molecule has 0 aliphatic rings. The second-order valence-corrected chi connectivity index (χ2v) is 6.80. The zero-order valence-electron chi connectivity index (χ0n) is 16.5. The van der Waals surface area contributed by atoms with Crippen LogP contribution < -0.4 is 17.0 Å². The number of nitrogens with two attached hydrogens (primary N) is 1. The molecule has 3 aromatic rings. The van der Waals surface area contributed by atoms with Crippen molar-refractivity contribution in [2.75, 3.05) is 13.7 Å². The zero-order valence-corrected chi connectivity index (χ0v) is 16.5. The highest BCUT2D eigenvalue weighted by Crippen LogP contribution is 2.22. The number of rotatable bonds is 7. The summed E-state index contributed by atoms with van der Waals surface area (Å²) in [5.74, 6) is -0.524. The Morgan fingerprint density at radius 3 is 2.34 bits per heavy atom. The fourth-order valence-electron chi connectivity index (χ4n) is 3.38. The fourth-order valence-corrected chi connectivity index (χ4v) is 3.38. The molecule has 0 radical (unpaired) electrons. The van der Waals surface area contributed by atoms with Gasteiger partial charge in [-0.15, -0.1) is 0 Å². The number of methoxy groups -OCH3 is 1. The van der Waals surface area contributed by atoms with Crippen LogP contribution in [0, 0.1) is 12.7 Å². The van der Waals surface area contributed by atoms with E-state index in [0.29, 0.717) is 5.69 Å². The van der Waals surface area contributed by atoms with Crippen LogP contribution in [-0.4, -0.2) is 22.9 Å². The molecule has 1 aromatic heterocycles. The summed E-state index contributed by atoms with van der Waals surface area (Å²) in [5.41, 5.74) is 6.72. The van der Waals surface area contributed by atoms with Gasteiger partial charge in [0.05, 0.1) is 25.3 Å². The van der Waals surface area contributed by atoms with Crippen molar-refractivity contribution in [2.45, 2.75) is 26.1 Å². The minimum atomic E-state index is -0.561. The Balaban J connectivity index is 2.20. The van der Waals surface area contributed by atoms with Crippen LogP contribution in [0.15, 0.2) is 64.2 Å². The lowest BCUT2D eigenvalue weighted by Gasteiger charge is -2.19. The van der Waals surface area contributed by atoms with Crippen molar-refractivity contribution < 1.29 is 9.13 Å². The highest BCUT2D eigenvalue weighted by Gasteiger charge is 2.21. The number of nitrogens with zero attached hydrogens (tertiary/aromatic N) is 2. The number of hydrogen-bond acceptors (Lipinski definition) is 4. The maximum atomic E-state index is 14.5. The van der Waals surface area contributed by atoms with Gasteiger partial charge in [0, 0.05) is 24.4 Å². The van der Waals surface area contributed by atoms with E-state index in [2.05, 4.69) is 0 Å². The Morgan fingerprint density at radius 2 is 1.69 bits per heavy atom. The maximum Gasteiger partial charge on any atom is 0.331 e. The third-order valence-electron chi connectivity index (χ3n) is 4.96. The Hall–Kier alpha value is -3.03. The minimum Gasteiger partial charge on any atom is -0.383 e. The van der Waals surface area contributed by atoms with E-state index >= 15 is 0 Å². The van der Waals surface area contributed by atoms with Crippen LogP contribution in [0.25, 0.3) is 11.1 Å². The minimum absolute atomic E-state index is 0.0175. The molecule has 3 rings (SSSR count). The van der Waals surface area contributed by atoms with E-state index in [1.54, 1.807) is 19.1 Å². The number of hydrogen-bond donors (Lipinski definition) is 1. The molecule has 0 spiro atoms. The van der Waals surface area contributed by atoms with Gasteiger partial charge in [0.1, 0.15) is 5.82 Å². The predicted molar refractivity (Wildman–Crippen MR) is 110 cm³/mol. The van der Waals surface area contributed by atoms with Crippen LogP contribution >= 0.6 is 0 Å². The number of aromatic nitrogens is 2. The van der Waals surface area contributed by atoms with E-state index in [0.717, 1.165) is 10.1 Å². The van der Waals surface area contributed by atoms with Crippen LogP contribution in [0.3, 0.4) is 0 Å². The molecule has 0 aliphatic carbocycles. The average molecular weight is 397 g/mol. The van der Waals surface area contributed by atoms with Crippen LogP contribution in [0.1, 0.15) is 17.3 Å². The molecule has 0 unspecified atom stereocenters. The van der Waals surface area contributed by atoms with E-state index < -0.39 is 23.1 Å². The Morgan fingerprint density at radius 1 is 1.03 bits per heavy atom. The normalized spacial score (nSPS) is 12.1. The molecule has 7 heteroatoms. The van der Waals surface area contributed by atoms with Gasteiger partial charge in [-0.25, -0.2) is 9.18 Å². The number of halogens is 1. The molecule has 0 bridgehead atoms. The Bertz CT molecular complexity index is 1110. The second kappa shape index (κ2) is 8.98. The largest absolute Gasteiger partial charge is 0.383 e. The highest BCUT2D eigenvalue weighted by molar-refractivity contribution is 5.65. The van der Waals surface area contributed by atoms with Gasteiger partial charge < -0.3 is 10.5 Å². The lowest BCUT2D eigenvalue weighted by atomic mass is 10.0. The molecule has 0 amide bonds. The molecular weight excluding hydrogens is 373 g/mol. The lowest BCUT2D eigenvalue weighted by Crippen LogP contribution is -2.44. The van der Waals surface area contributed by atoms with Crippen molar-refractivity contribution in [1.29, 1.82) is 0 Å². The molecule has 29 heavy (non-hydrogen) atoms. The fraction of sp³-hybridized carbons (Fsp3) is 0.273. The quantitative estimate of drug-likeness (QED) is 0.664. The molecule has 2 aromatic carbocycles. The third-order valence-corrected chi connectivity index (χ3v) is 4.96. The van der Waals surface area contributed by atoms with Crippen molar-refractivity contribution in [2.24, 2.45) is 5.73 Å². The van der Waals surface area contributed by atoms with E-state index in [1.807, 2.05) is 30.3 Å². The molecule has 0 fully saturated rings. The van der Waals surface area contributed by atoms with Crippen LogP contribution in [0.5, 0.6) is 0 Å². The highest BCUT2D eigenvalue weighted by atomic mass is 19.1. The summed E-state index contributed by atoms with van der Waals surface area (Å²) in [6.45, 7) is 2.14. The smallest absolute Gasteiger partial charge is 0.331 e. The molecule has 0 saturated carbocycles. The third kappa shape index (κ3) is 4.21. The van der Waals surface area contributed by atoms with Crippen LogP contribution in [-0.2, 0) is 17.8 Å². The van der Waals surface area contributed by atoms with Gasteiger partial charge in [0.15, 0.2) is 0 Å². The summed E-state index contributed by atoms with van der Waals surface area (Å²) >= 11 is 0. The first-order chi connectivity index (χ1) is 14.0. The van der Waals surface area contributed by atoms with Gasteiger partial charge in [-0.3, -0.25) is 13.9 Å². The monoisotopic (exact) mass is 397 g/mol. The summed E-state index contributed by atoms with van der Waals surface area (Å²) in [7, 11) is 1.53. The van der Waals surface area contributed by atoms with Crippen molar-refractivity contribution in [3.63, 3.8) is 0 Å². The van der Waals surface area contributed by atoms with E-state index in [-0.39, 0.29) is 30.8 Å². The number of ether oxygens (including phenoxy) is 1. The van der Waals surface area contributed by atoms with Gasteiger partial charge >= 0.3 is 5.69 Å². The van der Waals surface area contributed by atoms with Gasteiger partial charge in [-0.05, 0) is 18.6 Å². The van der Waals surface area contributed by atoms with E-state index in [9.17, 15) is 14.0 Å². The second-order valence-electron chi connectivity index (χ2n) is 6.80. The van der Waals surface area contributed by atoms with Crippen molar-refractivity contribution >= 4 is 0 Å². The van der Waals surface area contributed by atoms with Gasteiger partial charge in [-0.2, -0.15) is 0 Å². The van der Waals surface area contributed by atoms with Crippen molar-refractivity contribution in [3.8, 4) is 11.1 Å². The predicted octanol–water partition coefficient (Wildman–Crippen LogP) is 2.47. The Kier molecular flexibility index (Phi) is 6.41. The molecule has 152 valence electrons. The SMILES string of the molecule is COCCn1c(C)c(-c2ccccc2F)c(=O)n(C[C@H](N)c2ccccc2)c1=O. The summed E-state index contributed by atoms with van der Waals surface area (Å²) < 4.78 is 22.1. The molecule has 1 atom stereocenters. The summed E-state index contributed by atoms with van der Waals surface area (Å²) in [4.78, 5) is 26.3. The Labute approximate surface area is 168 Å². The molecule has 0 aliphatic heterocycles. The van der Waals surface area contributed by atoms with E-state index in [4.69, 9.17) is 10.5 Å². The molecule has 6 nitrogen and oxygen atoms in total. The van der Waals surface area contributed by atoms with Gasteiger partial charge in [0.2, 0.25) is 0 Å². The van der Waals surface area contributed by atoms with E-state index in [1.165, 1.54) is 23.8 Å². The van der Waals surface area contributed by atoms with Crippen LogP contribution in [0.4, 0.5) is 4.39 Å². The summed E-state index contributed by atoms with van der Waals surface area (Å²) in [5, 5.41) is 0. The maximum absolute atomic E-state index is 14.5. The first-order valence-corrected chi connectivity index (χ1v) is 9.34. The lowest BCUT2D eigenvalue weighted by molar-refractivity contribution is 0.184. The zero-order chi connectivity index (χ0) is 21.0. The van der Waals surface area contributed by atoms with Crippen molar-refractivity contribution in [3.05, 3.63) is 92.5 Å². The van der Waals surface area contributed by atoms with Crippen LogP contribution in [0.2, 0.25) is 0 Å². The standard InChI is InChI=1S/C22H24FN3O3/c1-15-20(17-10-6-7-11-18(17)23)21(27)26(22(28)25(15)12-13-29-2)14-19(24)16-8-4-3-5-9-16/h3-11,19H,12-14,24H2,1-2H3/t19-/m0/s1. The first kappa shape index (κ1) is 20.7. The first-order valence-electron chi connectivity index (χ1n) is 9.34. The number of benzene rings is 2.